The summed E-state index contributed by atoms with van der Waals surface area (Å²) in [4.78, 5) is 12.5. The third-order valence-electron chi connectivity index (χ3n) is 13.0. The SMILES string of the molecule is CC[C@@H]1C2C[C@H](O)CC[C@]2(C)[C@H]2CC[C@]3(C)C([C@H](C)CCOC(=O)Nc4ccc(C(C)(C)C)cc4)CC[C@H]3[C@@H]2[C@@H]1O. The smallest absolute Gasteiger partial charge is 0.411 e. The van der Waals surface area contributed by atoms with Gasteiger partial charge in [0.25, 0.3) is 0 Å². The van der Waals surface area contributed by atoms with E-state index in [-0.39, 0.29) is 34.5 Å². The molecule has 230 valence electrons. The maximum Gasteiger partial charge on any atom is 0.411 e. The van der Waals surface area contributed by atoms with Gasteiger partial charge in [0.05, 0.1) is 18.8 Å². The van der Waals surface area contributed by atoms with E-state index >= 15 is 0 Å². The summed E-state index contributed by atoms with van der Waals surface area (Å²) >= 11 is 0. The van der Waals surface area contributed by atoms with Crippen LogP contribution in [0.3, 0.4) is 0 Å². The highest BCUT2D eigenvalue weighted by atomic mass is 16.5. The molecule has 4 saturated carbocycles. The molecule has 11 atom stereocenters. The van der Waals surface area contributed by atoms with Gasteiger partial charge in [0.2, 0.25) is 0 Å². The number of benzene rings is 1. The predicted octanol–water partition coefficient (Wildman–Crippen LogP) is 8.19. The lowest BCUT2D eigenvalue weighted by Crippen LogP contribution is -2.62. The average molecular weight is 568 g/mol. The molecule has 4 fully saturated rings. The lowest BCUT2D eigenvalue weighted by molar-refractivity contribution is -0.203. The molecular weight excluding hydrogens is 510 g/mol. The molecule has 0 bridgehead atoms. The Bertz CT molecular complexity index is 1060. The number of hydrogen-bond donors (Lipinski definition) is 3. The molecule has 41 heavy (non-hydrogen) atoms. The van der Waals surface area contributed by atoms with Crippen molar-refractivity contribution in [2.45, 2.75) is 124 Å². The number of aliphatic hydroxyl groups excluding tert-OH is 2. The molecule has 4 aliphatic carbocycles. The highest BCUT2D eigenvalue weighted by Gasteiger charge is 2.64. The van der Waals surface area contributed by atoms with Gasteiger partial charge in [-0.3, -0.25) is 5.32 Å². The molecule has 0 saturated heterocycles. The molecule has 1 aromatic rings. The van der Waals surface area contributed by atoms with Crippen molar-refractivity contribution < 1.29 is 19.7 Å². The zero-order valence-corrected chi connectivity index (χ0v) is 26.8. The zero-order valence-electron chi connectivity index (χ0n) is 26.8. The van der Waals surface area contributed by atoms with Crippen LogP contribution in [0.25, 0.3) is 0 Å². The summed E-state index contributed by atoms with van der Waals surface area (Å²) in [5.74, 6) is 3.29. The molecule has 1 amide bonds. The Balaban J connectivity index is 1.20. The molecule has 0 aromatic heterocycles. The molecule has 1 aromatic carbocycles. The van der Waals surface area contributed by atoms with Crippen molar-refractivity contribution in [1.29, 1.82) is 0 Å². The monoisotopic (exact) mass is 567 g/mol. The maximum absolute atomic E-state index is 12.5. The van der Waals surface area contributed by atoms with Gasteiger partial charge < -0.3 is 14.9 Å². The standard InChI is InChI=1S/C36H57NO4/c1-8-26-30-21-25(38)15-18-36(30,7)29-16-19-35(6)27(13-14-28(35)31(29)32(26)39)22(2)17-20-41-33(40)37-24-11-9-23(10-12-24)34(3,4)5/h9-12,22,25-32,38-39H,8,13-21H2,1-7H3,(H,37,40)/t22-,25-,26-,27?,28+,29+,30?,31+,32-,35-,36-/m1/s1. The van der Waals surface area contributed by atoms with Crippen LogP contribution in [0.4, 0.5) is 10.5 Å². The highest BCUT2D eigenvalue weighted by molar-refractivity contribution is 5.84. The van der Waals surface area contributed by atoms with Crippen molar-refractivity contribution in [2.24, 2.45) is 52.3 Å². The lowest BCUT2D eigenvalue weighted by atomic mass is 9.41. The van der Waals surface area contributed by atoms with Crippen LogP contribution in [0.5, 0.6) is 0 Å². The first kappa shape index (κ1) is 30.9. The number of anilines is 1. The van der Waals surface area contributed by atoms with Gasteiger partial charge in [-0.05, 0) is 127 Å². The minimum Gasteiger partial charge on any atom is -0.449 e. The molecule has 0 aliphatic heterocycles. The van der Waals surface area contributed by atoms with E-state index in [1.54, 1.807) is 0 Å². The normalized spacial score (nSPS) is 41.1. The molecule has 5 nitrogen and oxygen atoms in total. The first-order valence-electron chi connectivity index (χ1n) is 16.7. The fourth-order valence-electron chi connectivity index (χ4n) is 10.7. The summed E-state index contributed by atoms with van der Waals surface area (Å²) < 4.78 is 5.64. The third-order valence-corrected chi connectivity index (χ3v) is 13.0. The van der Waals surface area contributed by atoms with Crippen molar-refractivity contribution in [3.05, 3.63) is 29.8 Å². The molecule has 4 aliphatic rings. The minimum atomic E-state index is -0.381. The van der Waals surface area contributed by atoms with Crippen LogP contribution in [0.2, 0.25) is 0 Å². The van der Waals surface area contributed by atoms with E-state index in [0.717, 1.165) is 37.8 Å². The van der Waals surface area contributed by atoms with Crippen LogP contribution >= 0.6 is 0 Å². The Morgan fingerprint density at radius 1 is 1.00 bits per heavy atom. The number of ether oxygens (including phenoxy) is 1. The number of amides is 1. The maximum atomic E-state index is 12.5. The summed E-state index contributed by atoms with van der Waals surface area (Å²) in [6.45, 7) is 16.6. The van der Waals surface area contributed by atoms with E-state index < -0.39 is 0 Å². The van der Waals surface area contributed by atoms with Gasteiger partial charge in [-0.25, -0.2) is 4.79 Å². The Morgan fingerprint density at radius 2 is 1.66 bits per heavy atom. The molecule has 5 rings (SSSR count). The summed E-state index contributed by atoms with van der Waals surface area (Å²) in [6.07, 6.45) is 8.77. The first-order chi connectivity index (χ1) is 19.3. The van der Waals surface area contributed by atoms with E-state index in [2.05, 4.69) is 65.9 Å². The molecule has 5 heteroatoms. The van der Waals surface area contributed by atoms with Crippen LogP contribution in [0.1, 0.15) is 112 Å². The first-order valence-corrected chi connectivity index (χ1v) is 16.7. The van der Waals surface area contributed by atoms with Crippen molar-refractivity contribution in [2.75, 3.05) is 11.9 Å². The Kier molecular flexibility index (Phi) is 8.64. The van der Waals surface area contributed by atoms with Crippen molar-refractivity contribution >= 4 is 11.8 Å². The summed E-state index contributed by atoms with van der Waals surface area (Å²) in [6, 6.07) is 8.02. The fourth-order valence-corrected chi connectivity index (χ4v) is 10.7. The van der Waals surface area contributed by atoms with Crippen molar-refractivity contribution in [3.8, 4) is 0 Å². The largest absolute Gasteiger partial charge is 0.449 e. The fraction of sp³-hybridized carbons (Fsp3) is 0.806. The van der Waals surface area contributed by atoms with E-state index in [4.69, 9.17) is 4.74 Å². The minimum absolute atomic E-state index is 0.0803. The second kappa shape index (κ2) is 11.5. The summed E-state index contributed by atoms with van der Waals surface area (Å²) in [5, 5.41) is 25.4. The van der Waals surface area contributed by atoms with Crippen LogP contribution in [0, 0.1) is 52.3 Å². The second-order valence-corrected chi connectivity index (χ2v) is 16.0. The van der Waals surface area contributed by atoms with Gasteiger partial charge in [-0.2, -0.15) is 0 Å². The van der Waals surface area contributed by atoms with E-state index in [1.165, 1.54) is 31.2 Å². The van der Waals surface area contributed by atoms with Gasteiger partial charge in [-0.1, -0.05) is 67.0 Å². The Morgan fingerprint density at radius 3 is 2.32 bits per heavy atom. The van der Waals surface area contributed by atoms with Crippen LogP contribution < -0.4 is 5.32 Å². The third kappa shape index (κ3) is 5.59. The summed E-state index contributed by atoms with van der Waals surface area (Å²) in [7, 11) is 0. The van der Waals surface area contributed by atoms with Gasteiger partial charge in [0, 0.05) is 5.69 Å². The van der Waals surface area contributed by atoms with E-state index in [1.807, 2.05) is 12.1 Å². The van der Waals surface area contributed by atoms with E-state index in [0.29, 0.717) is 48.0 Å². The molecular formula is C36H57NO4. The second-order valence-electron chi connectivity index (χ2n) is 16.0. The van der Waals surface area contributed by atoms with E-state index in [9.17, 15) is 15.0 Å². The lowest BCUT2D eigenvalue weighted by Gasteiger charge is -2.64. The number of rotatable bonds is 6. The summed E-state index contributed by atoms with van der Waals surface area (Å²) in [5.41, 5.74) is 2.55. The van der Waals surface area contributed by atoms with Crippen LogP contribution in [-0.2, 0) is 10.2 Å². The average Bonchev–Trinajstić information content (AvgIpc) is 3.27. The number of nitrogens with one attached hydrogen (secondary N) is 1. The van der Waals surface area contributed by atoms with Crippen molar-refractivity contribution in [3.63, 3.8) is 0 Å². The molecule has 0 spiro atoms. The highest BCUT2D eigenvalue weighted by Crippen LogP contribution is 2.69. The van der Waals surface area contributed by atoms with Crippen molar-refractivity contribution in [1.82, 2.24) is 0 Å². The molecule has 0 heterocycles. The van der Waals surface area contributed by atoms with Gasteiger partial charge in [0.1, 0.15) is 0 Å². The topological polar surface area (TPSA) is 78.8 Å². The zero-order chi connectivity index (χ0) is 29.7. The predicted molar refractivity (Wildman–Crippen MR) is 166 cm³/mol. The quantitative estimate of drug-likeness (QED) is 0.324. The molecule has 2 unspecified atom stereocenters. The Hall–Kier alpha value is -1.59. The number of fused-ring (bicyclic) bond motifs is 5. The number of carbonyl (C=O) groups is 1. The van der Waals surface area contributed by atoms with Gasteiger partial charge >= 0.3 is 6.09 Å². The van der Waals surface area contributed by atoms with Crippen LogP contribution in [0.15, 0.2) is 24.3 Å². The number of carbonyl (C=O) groups excluding carboxylic acids is 1. The molecule has 0 radical (unpaired) electrons. The number of aliphatic hydroxyl groups is 2. The number of hydrogen-bond acceptors (Lipinski definition) is 4. The Labute approximate surface area is 249 Å². The van der Waals surface area contributed by atoms with Crippen LogP contribution in [-0.4, -0.2) is 35.1 Å². The van der Waals surface area contributed by atoms with Gasteiger partial charge in [-0.15, -0.1) is 0 Å². The van der Waals surface area contributed by atoms with Gasteiger partial charge in [0.15, 0.2) is 0 Å². The molecule has 3 N–H and O–H groups in total.